The van der Waals surface area contributed by atoms with Crippen molar-refractivity contribution in [1.82, 2.24) is 9.80 Å². The van der Waals surface area contributed by atoms with Crippen LogP contribution in [0.25, 0.3) is 12.2 Å². The van der Waals surface area contributed by atoms with Crippen molar-refractivity contribution in [2.24, 2.45) is 0 Å². The molecule has 1 unspecified atom stereocenters. The van der Waals surface area contributed by atoms with Crippen LogP contribution in [-0.2, 0) is 4.79 Å². The van der Waals surface area contributed by atoms with Gasteiger partial charge in [0.15, 0.2) is 0 Å². The first-order chi connectivity index (χ1) is 15.5. The van der Waals surface area contributed by atoms with Gasteiger partial charge in [0.2, 0.25) is 5.91 Å². The second kappa shape index (κ2) is 11.5. The largest absolute Gasteiger partial charge is 0.497 e. The molecule has 1 saturated heterocycles. The minimum atomic E-state index is -0.582. The molecule has 0 aliphatic carbocycles. The van der Waals surface area contributed by atoms with E-state index < -0.39 is 6.10 Å². The number of hydrogen-bond acceptors (Lipinski definition) is 6. The maximum Gasteiger partial charge on any atom is 0.219 e. The maximum absolute atomic E-state index is 11.4. The summed E-state index contributed by atoms with van der Waals surface area (Å²) in [6, 6.07) is 13.4. The van der Waals surface area contributed by atoms with Crippen molar-refractivity contribution in [3.8, 4) is 17.2 Å². The van der Waals surface area contributed by atoms with Crippen molar-refractivity contribution >= 4 is 18.1 Å². The predicted octanol–water partition coefficient (Wildman–Crippen LogP) is 2.78. The zero-order valence-electron chi connectivity index (χ0n) is 19.0. The number of piperazine rings is 1. The maximum atomic E-state index is 11.4. The average molecular weight is 441 g/mol. The number of amides is 1. The summed E-state index contributed by atoms with van der Waals surface area (Å²) >= 11 is 0. The summed E-state index contributed by atoms with van der Waals surface area (Å²) < 4.78 is 16.4. The van der Waals surface area contributed by atoms with Gasteiger partial charge in [0.1, 0.15) is 30.0 Å². The van der Waals surface area contributed by atoms with E-state index in [9.17, 15) is 9.90 Å². The molecule has 0 radical (unpaired) electrons. The van der Waals surface area contributed by atoms with E-state index in [1.54, 1.807) is 21.1 Å². The molecule has 2 aromatic carbocycles. The molecule has 1 aliphatic heterocycles. The highest BCUT2D eigenvalue weighted by molar-refractivity contribution is 5.73. The third-order valence-electron chi connectivity index (χ3n) is 5.45. The summed E-state index contributed by atoms with van der Waals surface area (Å²) in [6.07, 6.45) is 3.42. The molecule has 3 rings (SSSR count). The first-order valence-electron chi connectivity index (χ1n) is 10.8. The van der Waals surface area contributed by atoms with Gasteiger partial charge in [-0.15, -0.1) is 0 Å². The molecule has 1 amide bonds. The molecule has 0 bridgehead atoms. The van der Waals surface area contributed by atoms with Crippen LogP contribution in [0.3, 0.4) is 0 Å². The van der Waals surface area contributed by atoms with Crippen molar-refractivity contribution in [3.63, 3.8) is 0 Å². The van der Waals surface area contributed by atoms with E-state index in [0.717, 1.165) is 35.7 Å². The number of carbonyl (C=O) groups excluding carboxylic acids is 1. The zero-order valence-corrected chi connectivity index (χ0v) is 19.0. The monoisotopic (exact) mass is 440 g/mol. The Hall–Kier alpha value is -3.03. The first-order valence-corrected chi connectivity index (χ1v) is 10.8. The Kier molecular flexibility index (Phi) is 8.53. The molecule has 0 spiro atoms. The van der Waals surface area contributed by atoms with E-state index in [1.165, 1.54) is 0 Å². The molecule has 1 atom stereocenters. The summed E-state index contributed by atoms with van der Waals surface area (Å²) in [6.45, 7) is 5.33. The zero-order chi connectivity index (χ0) is 22.9. The van der Waals surface area contributed by atoms with E-state index in [4.69, 9.17) is 14.2 Å². The number of aliphatic hydroxyl groups is 1. The Morgan fingerprint density at radius 3 is 2.09 bits per heavy atom. The van der Waals surface area contributed by atoms with Gasteiger partial charge in [-0.3, -0.25) is 9.69 Å². The molecule has 172 valence electrons. The summed E-state index contributed by atoms with van der Waals surface area (Å²) in [5.74, 6) is 2.31. The van der Waals surface area contributed by atoms with Crippen molar-refractivity contribution < 1.29 is 24.1 Å². The quantitative estimate of drug-likeness (QED) is 0.605. The Labute approximate surface area is 189 Å². The fourth-order valence-electron chi connectivity index (χ4n) is 3.58. The van der Waals surface area contributed by atoms with Gasteiger partial charge in [-0.2, -0.15) is 0 Å². The highest BCUT2D eigenvalue weighted by atomic mass is 16.5. The van der Waals surface area contributed by atoms with Gasteiger partial charge >= 0.3 is 0 Å². The number of rotatable bonds is 9. The minimum Gasteiger partial charge on any atom is -0.497 e. The summed E-state index contributed by atoms with van der Waals surface area (Å²) in [5.41, 5.74) is 2.01. The summed E-state index contributed by atoms with van der Waals surface area (Å²) in [7, 11) is 3.26. The van der Waals surface area contributed by atoms with Crippen LogP contribution in [0.5, 0.6) is 17.2 Å². The average Bonchev–Trinajstić information content (AvgIpc) is 2.82. The lowest BCUT2D eigenvalue weighted by Gasteiger charge is -2.35. The van der Waals surface area contributed by atoms with Gasteiger partial charge in [0.25, 0.3) is 0 Å². The van der Waals surface area contributed by atoms with E-state index >= 15 is 0 Å². The molecule has 0 aromatic heterocycles. The SMILES string of the molecule is COc1cc(/C=C/c2ccc(OCC(O)CN3CCN(C(C)=O)CC3)cc2)cc(OC)c1. The second-order valence-electron chi connectivity index (χ2n) is 7.82. The van der Waals surface area contributed by atoms with Gasteiger partial charge in [-0.1, -0.05) is 24.3 Å². The third-order valence-corrected chi connectivity index (χ3v) is 5.45. The molecular formula is C25H32N2O5. The number of methoxy groups -OCH3 is 2. The first kappa shape index (κ1) is 23.6. The number of ether oxygens (including phenoxy) is 3. The highest BCUT2D eigenvalue weighted by Crippen LogP contribution is 2.24. The standard InChI is InChI=1S/C25H32N2O5/c1-19(28)27-12-10-26(11-13-27)17-22(29)18-32-23-8-6-20(7-9-23)4-5-21-14-24(30-2)16-25(15-21)31-3/h4-9,14-16,22,29H,10-13,17-18H2,1-3H3/b5-4+. The van der Waals surface area contributed by atoms with Gasteiger partial charge in [0.05, 0.1) is 14.2 Å². The molecule has 7 heteroatoms. The van der Waals surface area contributed by atoms with Crippen LogP contribution >= 0.6 is 0 Å². The van der Waals surface area contributed by atoms with Gasteiger partial charge in [-0.25, -0.2) is 0 Å². The number of aliphatic hydroxyl groups excluding tert-OH is 1. The molecule has 1 fully saturated rings. The van der Waals surface area contributed by atoms with Crippen molar-refractivity contribution in [2.75, 3.05) is 53.6 Å². The van der Waals surface area contributed by atoms with Crippen LogP contribution in [0.2, 0.25) is 0 Å². The second-order valence-corrected chi connectivity index (χ2v) is 7.82. The van der Waals surface area contributed by atoms with E-state index in [0.29, 0.717) is 25.4 Å². The van der Waals surface area contributed by atoms with Crippen LogP contribution in [0, 0.1) is 0 Å². The Bertz CT molecular complexity index is 883. The molecule has 0 saturated carbocycles. The molecule has 2 aromatic rings. The van der Waals surface area contributed by atoms with E-state index in [-0.39, 0.29) is 12.5 Å². The minimum absolute atomic E-state index is 0.107. The number of benzene rings is 2. The fourth-order valence-corrected chi connectivity index (χ4v) is 3.58. The van der Waals surface area contributed by atoms with Gasteiger partial charge in [0, 0.05) is 45.7 Å². The van der Waals surface area contributed by atoms with Crippen molar-refractivity contribution in [1.29, 1.82) is 0 Å². The topological polar surface area (TPSA) is 71.5 Å². The van der Waals surface area contributed by atoms with Crippen molar-refractivity contribution in [2.45, 2.75) is 13.0 Å². The van der Waals surface area contributed by atoms with E-state index in [2.05, 4.69) is 4.90 Å². The predicted molar refractivity (Wildman–Crippen MR) is 125 cm³/mol. The molecule has 32 heavy (non-hydrogen) atoms. The molecular weight excluding hydrogens is 408 g/mol. The fraction of sp³-hybridized carbons (Fsp3) is 0.400. The molecule has 7 nitrogen and oxygen atoms in total. The lowest BCUT2D eigenvalue weighted by molar-refractivity contribution is -0.130. The third kappa shape index (κ3) is 7.00. The number of β-amino-alcohol motifs (C(OH)–C–C–N with tert-alkyl or cyclic N) is 1. The Balaban J connectivity index is 1.46. The normalized spacial score (nSPS) is 15.6. The van der Waals surface area contributed by atoms with Crippen molar-refractivity contribution in [3.05, 3.63) is 53.6 Å². The summed E-state index contributed by atoms with van der Waals surface area (Å²) in [5, 5.41) is 10.3. The molecule has 1 N–H and O–H groups in total. The number of hydrogen-bond donors (Lipinski definition) is 1. The molecule has 1 heterocycles. The van der Waals surface area contributed by atoms with Gasteiger partial charge < -0.3 is 24.2 Å². The van der Waals surface area contributed by atoms with Crippen LogP contribution in [0.4, 0.5) is 0 Å². The van der Waals surface area contributed by atoms with Crippen LogP contribution in [0.1, 0.15) is 18.1 Å². The van der Waals surface area contributed by atoms with Gasteiger partial charge in [-0.05, 0) is 35.4 Å². The number of nitrogens with zero attached hydrogens (tertiary/aromatic N) is 2. The lowest BCUT2D eigenvalue weighted by Crippen LogP contribution is -2.50. The van der Waals surface area contributed by atoms with Crippen LogP contribution in [-0.4, -0.2) is 80.5 Å². The molecule has 1 aliphatic rings. The van der Waals surface area contributed by atoms with E-state index in [1.807, 2.05) is 59.5 Å². The van der Waals surface area contributed by atoms with Crippen LogP contribution in [0.15, 0.2) is 42.5 Å². The highest BCUT2D eigenvalue weighted by Gasteiger charge is 2.20. The smallest absolute Gasteiger partial charge is 0.219 e. The Morgan fingerprint density at radius 1 is 0.938 bits per heavy atom. The summed E-state index contributed by atoms with van der Waals surface area (Å²) in [4.78, 5) is 15.4. The number of carbonyl (C=O) groups is 1. The Morgan fingerprint density at radius 2 is 1.53 bits per heavy atom. The van der Waals surface area contributed by atoms with Crippen LogP contribution < -0.4 is 14.2 Å². The lowest BCUT2D eigenvalue weighted by atomic mass is 10.1.